The topological polar surface area (TPSA) is 159 Å². The van der Waals surface area contributed by atoms with E-state index in [1.165, 1.54) is 22.7 Å². The minimum absolute atomic E-state index is 0.0212. The number of rotatable bonds is 10. The Morgan fingerprint density at radius 2 is 2.12 bits per heavy atom. The largest absolute Gasteiger partial charge is 0.477 e. The number of carboxylic acids is 1. The molecule has 5 heterocycles. The summed E-state index contributed by atoms with van der Waals surface area (Å²) in [6.07, 6.45) is 5.04. The molecule has 220 valence electrons. The van der Waals surface area contributed by atoms with Crippen LogP contribution in [0, 0.1) is 18.8 Å². The summed E-state index contributed by atoms with van der Waals surface area (Å²) in [5.74, 6) is -2.85. The zero-order chi connectivity index (χ0) is 29.7. The number of aliphatic carboxylic acids is 1. The summed E-state index contributed by atoms with van der Waals surface area (Å²) in [6.45, 7) is 9.57. The van der Waals surface area contributed by atoms with Gasteiger partial charge in [-0.05, 0) is 20.3 Å². The fourth-order valence-electron chi connectivity index (χ4n) is 6.22. The molecule has 0 aromatic carbocycles. The van der Waals surface area contributed by atoms with Crippen molar-refractivity contribution in [2.45, 2.75) is 63.6 Å². The number of hydrogen-bond acceptors (Lipinski definition) is 8. The van der Waals surface area contributed by atoms with E-state index in [0.717, 1.165) is 15.4 Å². The van der Waals surface area contributed by atoms with Crippen LogP contribution in [-0.4, -0.2) is 84.9 Å². The van der Waals surface area contributed by atoms with Crippen molar-refractivity contribution in [3.8, 4) is 0 Å². The molecule has 4 N–H and O–H groups in total. The van der Waals surface area contributed by atoms with Crippen molar-refractivity contribution < 1.29 is 38.7 Å². The minimum atomic E-state index is -1.17. The normalized spacial score (nSPS) is 26.3. The first kappa shape index (κ1) is 29.1. The summed E-state index contributed by atoms with van der Waals surface area (Å²) in [5, 5.41) is 20.1. The average molecular weight is 605 g/mol. The number of carboxylic acid groups (broad SMARTS) is 1. The van der Waals surface area contributed by atoms with Gasteiger partial charge in [0.15, 0.2) is 6.54 Å². The number of primary amides is 1. The van der Waals surface area contributed by atoms with Crippen molar-refractivity contribution in [3.63, 3.8) is 0 Å². The molecule has 2 fully saturated rings. The number of imidazole rings is 1. The van der Waals surface area contributed by atoms with Crippen LogP contribution in [0.5, 0.6) is 0 Å². The van der Waals surface area contributed by atoms with Gasteiger partial charge in [-0.15, -0.1) is 11.8 Å². The van der Waals surface area contributed by atoms with Crippen LogP contribution in [0.15, 0.2) is 35.8 Å². The van der Waals surface area contributed by atoms with Gasteiger partial charge in [0, 0.05) is 35.1 Å². The monoisotopic (exact) mass is 604 g/mol. The minimum Gasteiger partial charge on any atom is -0.477 e. The number of aliphatic hydroxyl groups excluding tert-OH is 1. The van der Waals surface area contributed by atoms with Gasteiger partial charge in [-0.25, -0.2) is 14.2 Å². The third kappa shape index (κ3) is 5.12. The molecule has 3 amide bonds. The highest BCUT2D eigenvalue weighted by molar-refractivity contribution is 8.03. The van der Waals surface area contributed by atoms with Gasteiger partial charge >= 0.3 is 12.1 Å². The highest BCUT2D eigenvalue weighted by Gasteiger charge is 2.60. The summed E-state index contributed by atoms with van der Waals surface area (Å²) in [4.78, 5) is 55.0. The third-order valence-corrected chi connectivity index (χ3v) is 10.8. The average Bonchev–Trinajstić information content (AvgIpc) is 3.60. The number of carbonyl (C=O) groups excluding carboxylic acids is 3. The molecule has 0 unspecified atom stereocenters. The maximum Gasteiger partial charge on any atom is 0.410 e. The Bertz CT molecular complexity index is 1460. The Kier molecular flexibility index (Phi) is 7.92. The lowest BCUT2D eigenvalue weighted by atomic mass is 9.79. The first-order chi connectivity index (χ1) is 19.4. The van der Waals surface area contributed by atoms with Crippen molar-refractivity contribution in [2.75, 3.05) is 13.2 Å². The number of nitrogens with two attached hydrogens (primary N) is 1. The summed E-state index contributed by atoms with van der Waals surface area (Å²) in [7, 11) is 0. The predicted molar refractivity (Wildman–Crippen MR) is 151 cm³/mol. The maximum atomic E-state index is 13.1. The fourth-order valence-corrected chi connectivity index (χ4v) is 9.03. The van der Waals surface area contributed by atoms with Crippen LogP contribution in [0.25, 0.3) is 4.83 Å². The van der Waals surface area contributed by atoms with Crippen molar-refractivity contribution in [2.24, 2.45) is 17.6 Å². The van der Waals surface area contributed by atoms with Crippen LogP contribution in [0.3, 0.4) is 0 Å². The Labute approximate surface area is 245 Å². The highest BCUT2D eigenvalue weighted by atomic mass is 32.2. The molecule has 0 aliphatic carbocycles. The second-order valence-corrected chi connectivity index (χ2v) is 13.3. The van der Waals surface area contributed by atoms with Crippen molar-refractivity contribution in [3.05, 3.63) is 46.4 Å². The molecular weight excluding hydrogens is 570 g/mol. The molecule has 6 atom stereocenters. The number of aliphatic hydroxyl groups is 1. The number of amides is 3. The van der Waals surface area contributed by atoms with Gasteiger partial charge < -0.3 is 30.5 Å². The van der Waals surface area contributed by atoms with E-state index in [1.54, 1.807) is 27.7 Å². The lowest BCUT2D eigenvalue weighted by molar-refractivity contribution is -0.682. The predicted octanol–water partition coefficient (Wildman–Crippen LogP) is 1.28. The van der Waals surface area contributed by atoms with E-state index in [-0.39, 0.29) is 42.0 Å². The number of thiazole rings is 1. The first-order valence-electron chi connectivity index (χ1n) is 13.4. The Hall–Kier alpha value is -3.36. The van der Waals surface area contributed by atoms with E-state index in [9.17, 15) is 29.4 Å². The van der Waals surface area contributed by atoms with Crippen LogP contribution in [0.1, 0.15) is 30.8 Å². The molecule has 41 heavy (non-hydrogen) atoms. The number of aryl methyl sites for hydroxylation is 1. The number of aromatic nitrogens is 2. The van der Waals surface area contributed by atoms with E-state index in [0.29, 0.717) is 24.3 Å². The van der Waals surface area contributed by atoms with E-state index in [1.807, 2.05) is 30.8 Å². The molecule has 2 saturated heterocycles. The third-order valence-electron chi connectivity index (χ3n) is 8.07. The van der Waals surface area contributed by atoms with E-state index >= 15 is 0 Å². The molecule has 0 radical (unpaired) electrons. The summed E-state index contributed by atoms with van der Waals surface area (Å²) in [6, 6.07) is -0.587. The number of β-lactam (4-membered cyclic amide) rings is 1. The second-order valence-electron chi connectivity index (χ2n) is 10.8. The number of fused-ring (bicyclic) bond motifs is 2. The number of thioether (sulfide) groups is 1. The van der Waals surface area contributed by atoms with Gasteiger partial charge in [0.05, 0.1) is 22.9 Å². The molecule has 2 aromatic rings. The van der Waals surface area contributed by atoms with Crippen LogP contribution >= 0.6 is 23.1 Å². The fraction of sp³-hybridized carbons (Fsp3) is 0.519. The number of ether oxygens (including phenoxy) is 1. The van der Waals surface area contributed by atoms with E-state index in [2.05, 4.69) is 6.58 Å². The van der Waals surface area contributed by atoms with Crippen LogP contribution < -0.4 is 10.3 Å². The standard InChI is InChI=1S/C27H33N5O7S2/c1-5-6-39-27(38)30-9-17(40-24-13(2)22-21(15(4)33)25(35)32(22)23(24)26(36)37)7-16(30)8-18-14(3)31-12-29(10-19(28)34)11-20(31)41-18/h5,11-13,15-17,21-22,33H,1,6-10H2,2-4H3,(H2-,28,34,36,37)/p+1/t13-,15-,16+,17+,21-,22-/m1/s1. The molecular formula is C27H34N5O7S2+. The molecule has 2 aromatic heterocycles. The van der Waals surface area contributed by atoms with Gasteiger partial charge in [0.2, 0.25) is 17.1 Å². The van der Waals surface area contributed by atoms with Crippen LogP contribution in [0.4, 0.5) is 4.79 Å². The number of hydrogen-bond donors (Lipinski definition) is 3. The van der Waals surface area contributed by atoms with Gasteiger partial charge in [0.25, 0.3) is 5.91 Å². The molecule has 0 spiro atoms. The molecule has 5 rings (SSSR count). The van der Waals surface area contributed by atoms with Crippen LogP contribution in [0.2, 0.25) is 0 Å². The SMILES string of the molecule is C=CCOC(=O)N1C[C@@H](SC2=C(C(=O)O)N3C(=O)[C@H]([C@@H](C)O)[C@H]3[C@H]2C)C[C@H]1Cc1sc2c[n+](CC(N)=O)cn2c1C. The number of nitrogens with zero attached hydrogens (tertiary/aromatic N) is 4. The van der Waals surface area contributed by atoms with Crippen molar-refractivity contribution in [1.29, 1.82) is 0 Å². The molecule has 3 aliphatic heterocycles. The van der Waals surface area contributed by atoms with Gasteiger partial charge in [-0.1, -0.05) is 30.9 Å². The quantitative estimate of drug-likeness (QED) is 0.208. The Balaban J connectivity index is 1.38. The number of likely N-dealkylation sites (tertiary alicyclic amines) is 1. The van der Waals surface area contributed by atoms with Crippen LogP contribution in [-0.2, 0) is 32.1 Å². The molecule has 3 aliphatic rings. The summed E-state index contributed by atoms with van der Waals surface area (Å²) < 4.78 is 9.12. The zero-order valence-corrected chi connectivity index (χ0v) is 24.7. The molecule has 0 bridgehead atoms. The lowest BCUT2D eigenvalue weighted by Crippen LogP contribution is -2.63. The summed E-state index contributed by atoms with van der Waals surface area (Å²) in [5.41, 5.74) is 6.31. The van der Waals surface area contributed by atoms with Crippen molar-refractivity contribution >= 4 is 51.8 Å². The number of carbonyl (C=O) groups is 4. The first-order valence-corrected chi connectivity index (χ1v) is 15.1. The van der Waals surface area contributed by atoms with E-state index in [4.69, 9.17) is 10.5 Å². The molecule has 0 saturated carbocycles. The Morgan fingerprint density at radius 1 is 1.39 bits per heavy atom. The van der Waals surface area contributed by atoms with Crippen molar-refractivity contribution in [1.82, 2.24) is 14.2 Å². The molecule has 14 heteroatoms. The summed E-state index contributed by atoms with van der Waals surface area (Å²) >= 11 is 2.98. The van der Waals surface area contributed by atoms with Gasteiger partial charge in [0.1, 0.15) is 24.2 Å². The second kappa shape index (κ2) is 11.1. The zero-order valence-electron chi connectivity index (χ0n) is 23.1. The lowest BCUT2D eigenvalue weighted by Gasteiger charge is -2.46. The smallest absolute Gasteiger partial charge is 0.410 e. The molecule has 12 nitrogen and oxygen atoms in total. The Morgan fingerprint density at radius 3 is 2.73 bits per heavy atom. The van der Waals surface area contributed by atoms with E-state index < -0.39 is 36.0 Å². The highest BCUT2D eigenvalue weighted by Crippen LogP contribution is 2.52. The maximum absolute atomic E-state index is 13.1. The van der Waals surface area contributed by atoms with Gasteiger partial charge in [-0.3, -0.25) is 9.59 Å². The van der Waals surface area contributed by atoms with Gasteiger partial charge in [-0.2, -0.15) is 4.40 Å².